The Labute approximate surface area is 115 Å². The van der Waals surface area contributed by atoms with Crippen LogP contribution in [0.2, 0.25) is 0 Å². The molecule has 0 aromatic carbocycles. The molecule has 5 nitrogen and oxygen atoms in total. The predicted molar refractivity (Wildman–Crippen MR) is 73.3 cm³/mol. The monoisotopic (exact) mass is 270 g/mol. The van der Waals surface area contributed by atoms with Crippen molar-refractivity contribution >= 4 is 5.97 Å². The molecule has 1 N–H and O–H groups in total. The van der Waals surface area contributed by atoms with E-state index in [1.807, 2.05) is 0 Å². The number of likely N-dealkylation sites (tertiary alicyclic amines) is 1. The van der Waals surface area contributed by atoms with Crippen molar-refractivity contribution in [3.05, 3.63) is 0 Å². The molecule has 0 aromatic rings. The summed E-state index contributed by atoms with van der Waals surface area (Å²) in [5, 5.41) is 9.32. The van der Waals surface area contributed by atoms with Crippen LogP contribution in [0.4, 0.5) is 0 Å². The second-order valence-corrected chi connectivity index (χ2v) is 5.88. The molecule has 0 amide bonds. The van der Waals surface area contributed by atoms with Gasteiger partial charge in [0.25, 0.3) is 0 Å². The van der Waals surface area contributed by atoms with Crippen LogP contribution < -0.4 is 0 Å². The fourth-order valence-electron chi connectivity index (χ4n) is 3.22. The molecular weight excluding hydrogens is 244 g/mol. The second kappa shape index (κ2) is 6.68. The topological polar surface area (TPSA) is 53.0 Å². The summed E-state index contributed by atoms with van der Waals surface area (Å²) < 4.78 is 5.32. The molecule has 0 spiro atoms. The second-order valence-electron chi connectivity index (χ2n) is 5.88. The van der Waals surface area contributed by atoms with Gasteiger partial charge in [-0.05, 0) is 46.2 Å². The average molecular weight is 270 g/mol. The zero-order valence-electron chi connectivity index (χ0n) is 12.0. The number of carboxylic acids is 1. The normalized spacial score (nSPS) is 31.3. The number of carbonyl (C=O) groups is 1. The van der Waals surface area contributed by atoms with Gasteiger partial charge in [-0.1, -0.05) is 0 Å². The van der Waals surface area contributed by atoms with Gasteiger partial charge in [-0.3, -0.25) is 9.69 Å². The van der Waals surface area contributed by atoms with Crippen LogP contribution in [0, 0.1) is 0 Å². The lowest BCUT2D eigenvalue weighted by Gasteiger charge is -2.38. The van der Waals surface area contributed by atoms with E-state index in [4.69, 9.17) is 4.74 Å². The molecule has 0 aliphatic carbocycles. The number of nitrogens with zero attached hydrogens (tertiary/aromatic N) is 2. The molecule has 0 aromatic heterocycles. The molecule has 19 heavy (non-hydrogen) atoms. The standard InChI is InChI=1S/C14H26N2O3/c1-11(2)15-6-3-4-12(5-7-15)16-8-9-19-10-13(16)14(17)18/h11-13H,3-10H2,1-2H3,(H,17,18). The third kappa shape index (κ3) is 3.68. The number of aliphatic carboxylic acids is 1. The van der Waals surface area contributed by atoms with Gasteiger partial charge in [0.2, 0.25) is 0 Å². The van der Waals surface area contributed by atoms with E-state index in [0.717, 1.165) is 38.9 Å². The quantitative estimate of drug-likeness (QED) is 0.830. The Bertz CT molecular complexity index is 309. The molecule has 0 radical (unpaired) electrons. The lowest BCUT2D eigenvalue weighted by Crippen LogP contribution is -2.54. The smallest absolute Gasteiger partial charge is 0.323 e. The van der Waals surface area contributed by atoms with E-state index in [1.165, 1.54) is 0 Å². The zero-order chi connectivity index (χ0) is 13.8. The number of rotatable bonds is 3. The van der Waals surface area contributed by atoms with Crippen molar-refractivity contribution < 1.29 is 14.6 Å². The van der Waals surface area contributed by atoms with Crippen LogP contribution in [-0.2, 0) is 9.53 Å². The van der Waals surface area contributed by atoms with Gasteiger partial charge in [-0.15, -0.1) is 0 Å². The molecule has 2 aliphatic rings. The molecular formula is C14H26N2O3. The Kier molecular flexibility index (Phi) is 5.19. The highest BCUT2D eigenvalue weighted by atomic mass is 16.5. The van der Waals surface area contributed by atoms with Gasteiger partial charge in [0.15, 0.2) is 0 Å². The molecule has 0 saturated carbocycles. The van der Waals surface area contributed by atoms with Crippen LogP contribution >= 0.6 is 0 Å². The largest absolute Gasteiger partial charge is 0.480 e. The maximum Gasteiger partial charge on any atom is 0.323 e. The summed E-state index contributed by atoms with van der Waals surface area (Å²) in [6, 6.07) is 0.525. The maximum absolute atomic E-state index is 11.3. The molecule has 2 aliphatic heterocycles. The molecule has 0 bridgehead atoms. The summed E-state index contributed by atoms with van der Waals surface area (Å²) >= 11 is 0. The molecule has 2 rings (SSSR count). The minimum atomic E-state index is -0.746. The lowest BCUT2D eigenvalue weighted by molar-refractivity contribution is -0.151. The first-order valence-corrected chi connectivity index (χ1v) is 7.40. The van der Waals surface area contributed by atoms with Crippen LogP contribution in [0.15, 0.2) is 0 Å². The number of morpholine rings is 1. The molecule has 2 saturated heterocycles. The SMILES string of the molecule is CC(C)N1CCCC(N2CCOCC2C(=O)O)CC1. The van der Waals surface area contributed by atoms with Crippen molar-refractivity contribution in [3.63, 3.8) is 0 Å². The van der Waals surface area contributed by atoms with Crippen LogP contribution in [0.25, 0.3) is 0 Å². The Morgan fingerprint density at radius 3 is 2.74 bits per heavy atom. The fourth-order valence-corrected chi connectivity index (χ4v) is 3.22. The molecule has 110 valence electrons. The van der Waals surface area contributed by atoms with Gasteiger partial charge in [0, 0.05) is 18.6 Å². The molecule has 2 atom stereocenters. The highest BCUT2D eigenvalue weighted by Gasteiger charge is 2.34. The Hall–Kier alpha value is -0.650. The maximum atomic E-state index is 11.3. The number of carboxylic acid groups (broad SMARTS) is 1. The highest BCUT2D eigenvalue weighted by Crippen LogP contribution is 2.22. The summed E-state index contributed by atoms with van der Waals surface area (Å²) in [6.07, 6.45) is 3.33. The van der Waals surface area contributed by atoms with E-state index in [0.29, 0.717) is 25.3 Å². The van der Waals surface area contributed by atoms with E-state index in [2.05, 4.69) is 23.6 Å². The minimum absolute atomic E-state index is 0.333. The molecule has 2 fully saturated rings. The average Bonchev–Trinajstić information content (AvgIpc) is 2.64. The third-order valence-corrected chi connectivity index (χ3v) is 4.39. The van der Waals surface area contributed by atoms with Crippen LogP contribution in [0.5, 0.6) is 0 Å². The van der Waals surface area contributed by atoms with Crippen molar-refractivity contribution in [1.29, 1.82) is 0 Å². The van der Waals surface area contributed by atoms with E-state index in [1.54, 1.807) is 0 Å². The lowest BCUT2D eigenvalue weighted by atomic mass is 10.0. The van der Waals surface area contributed by atoms with E-state index >= 15 is 0 Å². The van der Waals surface area contributed by atoms with Crippen LogP contribution in [0.3, 0.4) is 0 Å². The van der Waals surface area contributed by atoms with Crippen molar-refractivity contribution in [1.82, 2.24) is 9.80 Å². The van der Waals surface area contributed by atoms with Gasteiger partial charge in [0.1, 0.15) is 6.04 Å². The van der Waals surface area contributed by atoms with E-state index in [9.17, 15) is 9.90 Å². The van der Waals surface area contributed by atoms with Gasteiger partial charge >= 0.3 is 5.97 Å². The summed E-state index contributed by atoms with van der Waals surface area (Å²) in [5.41, 5.74) is 0. The Morgan fingerprint density at radius 2 is 2.05 bits per heavy atom. The van der Waals surface area contributed by atoms with Crippen molar-refractivity contribution in [3.8, 4) is 0 Å². The molecule has 2 unspecified atom stereocenters. The summed E-state index contributed by atoms with van der Waals surface area (Å²) in [6.45, 7) is 8.42. The minimum Gasteiger partial charge on any atom is -0.480 e. The summed E-state index contributed by atoms with van der Waals surface area (Å²) in [5.74, 6) is -0.746. The number of hydrogen-bond acceptors (Lipinski definition) is 4. The zero-order valence-corrected chi connectivity index (χ0v) is 12.0. The first-order chi connectivity index (χ1) is 9.09. The summed E-state index contributed by atoms with van der Waals surface area (Å²) in [4.78, 5) is 16.0. The Morgan fingerprint density at radius 1 is 1.26 bits per heavy atom. The number of hydrogen-bond donors (Lipinski definition) is 1. The number of ether oxygens (including phenoxy) is 1. The van der Waals surface area contributed by atoms with Crippen molar-refractivity contribution in [2.24, 2.45) is 0 Å². The first-order valence-electron chi connectivity index (χ1n) is 7.40. The summed E-state index contributed by atoms with van der Waals surface area (Å²) in [7, 11) is 0. The molecule has 5 heteroatoms. The van der Waals surface area contributed by atoms with Gasteiger partial charge in [0.05, 0.1) is 13.2 Å². The van der Waals surface area contributed by atoms with E-state index in [-0.39, 0.29) is 0 Å². The third-order valence-electron chi connectivity index (χ3n) is 4.39. The first kappa shape index (κ1) is 14.8. The predicted octanol–water partition coefficient (Wildman–Crippen LogP) is 1.03. The highest BCUT2D eigenvalue weighted by molar-refractivity contribution is 5.73. The van der Waals surface area contributed by atoms with Crippen LogP contribution in [0.1, 0.15) is 33.1 Å². The van der Waals surface area contributed by atoms with Crippen molar-refractivity contribution in [2.75, 3.05) is 32.8 Å². The van der Waals surface area contributed by atoms with E-state index < -0.39 is 12.0 Å². The van der Waals surface area contributed by atoms with Crippen molar-refractivity contribution in [2.45, 2.75) is 51.2 Å². The van der Waals surface area contributed by atoms with Gasteiger partial charge < -0.3 is 14.7 Å². The molecule has 2 heterocycles. The van der Waals surface area contributed by atoms with Crippen LogP contribution in [-0.4, -0.2) is 71.8 Å². The fraction of sp³-hybridized carbons (Fsp3) is 0.929. The van der Waals surface area contributed by atoms with Gasteiger partial charge in [-0.25, -0.2) is 0 Å². The van der Waals surface area contributed by atoms with Gasteiger partial charge in [-0.2, -0.15) is 0 Å². The Balaban J connectivity index is 1.98.